The summed E-state index contributed by atoms with van der Waals surface area (Å²) in [5, 5.41) is 38.7. The largest absolute Gasteiger partial charge is 0.388 e. The van der Waals surface area contributed by atoms with Gasteiger partial charge in [-0.3, -0.25) is 0 Å². The molecule has 0 aromatic heterocycles. The molecule has 0 bridgehead atoms. The first-order valence-corrected chi connectivity index (χ1v) is 6.58. The molecule has 0 aromatic carbocycles. The third-order valence-corrected chi connectivity index (χ3v) is 3.64. The molecule has 0 aliphatic carbocycles. The van der Waals surface area contributed by atoms with Gasteiger partial charge in [-0.25, -0.2) is 0 Å². The lowest BCUT2D eigenvalue weighted by molar-refractivity contribution is -0.329. The molecule has 2 aliphatic rings. The van der Waals surface area contributed by atoms with E-state index in [2.05, 4.69) is 0 Å². The molecule has 0 saturated carbocycles. The molecule has 2 heterocycles. The Bertz CT molecular complexity index is 300. The fourth-order valence-corrected chi connectivity index (χ4v) is 2.42. The molecule has 0 amide bonds. The van der Waals surface area contributed by atoms with Gasteiger partial charge in [0.1, 0.15) is 24.4 Å². The van der Waals surface area contributed by atoms with Crippen molar-refractivity contribution in [2.24, 2.45) is 0 Å². The van der Waals surface area contributed by atoms with Gasteiger partial charge in [-0.1, -0.05) is 0 Å². The van der Waals surface area contributed by atoms with Gasteiger partial charge in [-0.05, 0) is 26.7 Å². The molecule has 2 rings (SSSR count). The summed E-state index contributed by atoms with van der Waals surface area (Å²) in [5.41, 5.74) is 0. The van der Waals surface area contributed by atoms with Gasteiger partial charge in [0, 0.05) is 0 Å². The quantitative estimate of drug-likeness (QED) is 0.498. The van der Waals surface area contributed by atoms with Crippen LogP contribution in [0.4, 0.5) is 0 Å². The zero-order valence-corrected chi connectivity index (χ0v) is 11.0. The predicted octanol–water partition coefficient (Wildman–Crippen LogP) is -1.28. The monoisotopic (exact) mass is 278 g/mol. The average molecular weight is 278 g/mol. The second kappa shape index (κ2) is 6.01. The molecular weight excluding hydrogens is 256 g/mol. The Balaban J connectivity index is 2.00. The lowest BCUT2D eigenvalue weighted by Crippen LogP contribution is -2.59. The maximum Gasteiger partial charge on any atom is 0.184 e. The third kappa shape index (κ3) is 3.25. The molecule has 2 fully saturated rings. The molecule has 8 unspecified atom stereocenters. The van der Waals surface area contributed by atoms with Crippen molar-refractivity contribution < 1.29 is 34.6 Å². The Morgan fingerprint density at radius 1 is 0.947 bits per heavy atom. The van der Waals surface area contributed by atoms with E-state index in [0.29, 0.717) is 6.42 Å². The van der Waals surface area contributed by atoms with E-state index in [9.17, 15) is 20.4 Å². The van der Waals surface area contributed by atoms with Crippen molar-refractivity contribution in [1.29, 1.82) is 0 Å². The van der Waals surface area contributed by atoms with Crippen LogP contribution >= 0.6 is 0 Å². The van der Waals surface area contributed by atoms with E-state index in [1.165, 1.54) is 0 Å². The summed E-state index contributed by atoms with van der Waals surface area (Å²) in [4.78, 5) is 0. The van der Waals surface area contributed by atoms with E-state index < -0.39 is 43.1 Å². The minimum Gasteiger partial charge on any atom is -0.388 e. The van der Waals surface area contributed by atoms with E-state index in [-0.39, 0.29) is 6.10 Å². The molecule has 7 heteroatoms. The molecule has 2 aliphatic heterocycles. The highest BCUT2D eigenvalue weighted by molar-refractivity contribution is 4.89. The second-order valence-corrected chi connectivity index (χ2v) is 5.27. The number of rotatable bonds is 2. The zero-order valence-electron chi connectivity index (χ0n) is 11.0. The minimum atomic E-state index is -1.45. The molecule has 112 valence electrons. The minimum absolute atomic E-state index is 0.0409. The van der Waals surface area contributed by atoms with Gasteiger partial charge in [-0.15, -0.1) is 0 Å². The van der Waals surface area contributed by atoms with Crippen LogP contribution in [0, 0.1) is 0 Å². The Morgan fingerprint density at radius 2 is 1.63 bits per heavy atom. The summed E-state index contributed by atoms with van der Waals surface area (Å²) in [5.74, 6) is 0. The lowest BCUT2D eigenvalue weighted by Gasteiger charge is -2.42. The smallest absolute Gasteiger partial charge is 0.184 e. The Labute approximate surface area is 111 Å². The van der Waals surface area contributed by atoms with Crippen molar-refractivity contribution in [3.63, 3.8) is 0 Å². The summed E-state index contributed by atoms with van der Waals surface area (Å²) < 4.78 is 16.1. The number of hydrogen-bond acceptors (Lipinski definition) is 7. The first-order chi connectivity index (χ1) is 8.90. The molecule has 2 saturated heterocycles. The van der Waals surface area contributed by atoms with Crippen molar-refractivity contribution >= 4 is 0 Å². The molecule has 0 spiro atoms. The van der Waals surface area contributed by atoms with Crippen molar-refractivity contribution in [2.75, 3.05) is 0 Å². The number of aliphatic hydroxyl groups excluding tert-OH is 4. The van der Waals surface area contributed by atoms with Crippen molar-refractivity contribution in [3.8, 4) is 0 Å². The van der Waals surface area contributed by atoms with Gasteiger partial charge in [0.05, 0.1) is 12.2 Å². The highest BCUT2D eigenvalue weighted by Gasteiger charge is 2.45. The summed E-state index contributed by atoms with van der Waals surface area (Å²) in [6.07, 6.45) is -6.08. The molecule has 0 aromatic rings. The van der Waals surface area contributed by atoms with E-state index in [1.54, 1.807) is 6.92 Å². The number of ether oxygens (including phenoxy) is 3. The summed E-state index contributed by atoms with van der Waals surface area (Å²) >= 11 is 0. The summed E-state index contributed by atoms with van der Waals surface area (Å²) in [6.45, 7) is 3.49. The molecular formula is C12H22O7. The van der Waals surface area contributed by atoms with Crippen molar-refractivity contribution in [3.05, 3.63) is 0 Å². The van der Waals surface area contributed by atoms with Gasteiger partial charge < -0.3 is 34.6 Å². The molecule has 19 heavy (non-hydrogen) atoms. The highest BCUT2D eigenvalue weighted by atomic mass is 16.7. The topological polar surface area (TPSA) is 109 Å². The summed E-state index contributed by atoms with van der Waals surface area (Å²) in [7, 11) is 0. The predicted molar refractivity (Wildman–Crippen MR) is 63.0 cm³/mol. The SMILES string of the molecule is CC1CCC(O)C(OC2C(C)OC(O)C(O)C2O)O1. The Morgan fingerprint density at radius 3 is 2.32 bits per heavy atom. The van der Waals surface area contributed by atoms with Crippen LogP contribution in [-0.4, -0.2) is 69.6 Å². The fourth-order valence-electron chi connectivity index (χ4n) is 2.42. The van der Waals surface area contributed by atoms with Crippen molar-refractivity contribution in [2.45, 2.75) is 75.9 Å². The molecule has 0 radical (unpaired) electrons. The van der Waals surface area contributed by atoms with Crippen LogP contribution in [0.15, 0.2) is 0 Å². The average Bonchev–Trinajstić information content (AvgIpc) is 2.36. The number of aliphatic hydroxyl groups is 4. The van der Waals surface area contributed by atoms with E-state index >= 15 is 0 Å². The van der Waals surface area contributed by atoms with E-state index in [1.807, 2.05) is 6.92 Å². The van der Waals surface area contributed by atoms with Crippen LogP contribution < -0.4 is 0 Å². The fraction of sp³-hybridized carbons (Fsp3) is 1.00. The molecule has 4 N–H and O–H groups in total. The third-order valence-electron chi connectivity index (χ3n) is 3.64. The lowest BCUT2D eigenvalue weighted by atomic mass is 9.99. The molecule has 8 atom stereocenters. The van der Waals surface area contributed by atoms with Crippen LogP contribution in [-0.2, 0) is 14.2 Å². The second-order valence-electron chi connectivity index (χ2n) is 5.27. The number of hydrogen-bond donors (Lipinski definition) is 4. The highest BCUT2D eigenvalue weighted by Crippen LogP contribution is 2.27. The van der Waals surface area contributed by atoms with Crippen LogP contribution in [0.2, 0.25) is 0 Å². The normalized spacial score (nSPS) is 52.1. The van der Waals surface area contributed by atoms with E-state index in [0.717, 1.165) is 6.42 Å². The molecule has 7 nitrogen and oxygen atoms in total. The van der Waals surface area contributed by atoms with Crippen LogP contribution in [0.25, 0.3) is 0 Å². The Kier molecular flexibility index (Phi) is 4.78. The van der Waals surface area contributed by atoms with Gasteiger partial charge >= 0.3 is 0 Å². The zero-order chi connectivity index (χ0) is 14.2. The van der Waals surface area contributed by atoms with E-state index in [4.69, 9.17) is 14.2 Å². The maximum atomic E-state index is 9.91. The van der Waals surface area contributed by atoms with Gasteiger partial charge in [0.25, 0.3) is 0 Å². The van der Waals surface area contributed by atoms with Gasteiger partial charge in [-0.2, -0.15) is 0 Å². The van der Waals surface area contributed by atoms with Gasteiger partial charge in [0.2, 0.25) is 0 Å². The maximum absolute atomic E-state index is 9.91. The van der Waals surface area contributed by atoms with Crippen LogP contribution in [0.3, 0.4) is 0 Å². The standard InChI is InChI=1S/C12H22O7/c1-5-3-4-7(13)12(17-5)19-10-6(2)18-11(16)9(15)8(10)14/h5-16H,3-4H2,1-2H3. The summed E-state index contributed by atoms with van der Waals surface area (Å²) in [6, 6.07) is 0. The first kappa shape index (κ1) is 15.1. The van der Waals surface area contributed by atoms with Gasteiger partial charge in [0.15, 0.2) is 12.6 Å². The first-order valence-electron chi connectivity index (χ1n) is 6.58. The van der Waals surface area contributed by atoms with Crippen LogP contribution in [0.5, 0.6) is 0 Å². The van der Waals surface area contributed by atoms with Crippen LogP contribution in [0.1, 0.15) is 26.7 Å². The Hall–Kier alpha value is -0.280. The van der Waals surface area contributed by atoms with Crippen molar-refractivity contribution in [1.82, 2.24) is 0 Å².